The topological polar surface area (TPSA) is 122 Å². The molecule has 1 heterocycles. The molecule has 0 radical (unpaired) electrons. The van der Waals surface area contributed by atoms with Crippen LogP contribution in [0.3, 0.4) is 0 Å². The maximum Gasteiger partial charge on any atom is 0.269 e. The number of carbonyl (C=O) groups is 2. The molecule has 112 valence electrons. The minimum absolute atomic E-state index is 0.0459. The van der Waals surface area contributed by atoms with Crippen LogP contribution in [0.1, 0.15) is 20.7 Å². The SMILES string of the molecule is O=C(NC(O)C(=O)c1ccc([N+](=O)[O-])cc1)c1cccnc1. The summed E-state index contributed by atoms with van der Waals surface area (Å²) in [5, 5.41) is 22.4. The van der Waals surface area contributed by atoms with Gasteiger partial charge in [0.2, 0.25) is 5.78 Å². The van der Waals surface area contributed by atoms with E-state index in [0.29, 0.717) is 0 Å². The van der Waals surface area contributed by atoms with E-state index >= 15 is 0 Å². The molecule has 0 aliphatic heterocycles. The van der Waals surface area contributed by atoms with E-state index in [4.69, 9.17) is 0 Å². The second-order valence-corrected chi connectivity index (χ2v) is 4.29. The maximum absolute atomic E-state index is 11.9. The summed E-state index contributed by atoms with van der Waals surface area (Å²) in [4.78, 5) is 37.4. The van der Waals surface area contributed by atoms with Crippen molar-refractivity contribution in [3.63, 3.8) is 0 Å². The average molecular weight is 301 g/mol. The molecule has 0 aliphatic rings. The summed E-state index contributed by atoms with van der Waals surface area (Å²) in [6.45, 7) is 0. The number of pyridine rings is 1. The Morgan fingerprint density at radius 1 is 1.18 bits per heavy atom. The van der Waals surface area contributed by atoms with Crippen LogP contribution >= 0.6 is 0 Å². The van der Waals surface area contributed by atoms with Crippen molar-refractivity contribution in [2.24, 2.45) is 0 Å². The normalized spacial score (nSPS) is 11.5. The van der Waals surface area contributed by atoms with Crippen LogP contribution in [0.25, 0.3) is 0 Å². The average Bonchev–Trinajstić information content (AvgIpc) is 2.55. The quantitative estimate of drug-likeness (QED) is 0.366. The molecule has 1 amide bonds. The van der Waals surface area contributed by atoms with Gasteiger partial charge >= 0.3 is 0 Å². The predicted molar refractivity (Wildman–Crippen MR) is 75.1 cm³/mol. The van der Waals surface area contributed by atoms with Gasteiger partial charge in [0.1, 0.15) is 0 Å². The molecule has 1 aromatic heterocycles. The Bertz CT molecular complexity index is 700. The second-order valence-electron chi connectivity index (χ2n) is 4.29. The molecule has 1 atom stereocenters. The number of non-ortho nitro benzene ring substituents is 1. The molecule has 8 nitrogen and oxygen atoms in total. The number of Topliss-reactive ketones (excluding diaryl/α,β-unsaturated/α-hetero) is 1. The van der Waals surface area contributed by atoms with Gasteiger partial charge in [-0.1, -0.05) is 0 Å². The van der Waals surface area contributed by atoms with Crippen molar-refractivity contribution >= 4 is 17.4 Å². The number of benzene rings is 1. The highest BCUT2D eigenvalue weighted by atomic mass is 16.6. The van der Waals surface area contributed by atoms with Crippen LogP contribution in [0.4, 0.5) is 5.69 Å². The number of amides is 1. The molecule has 1 aromatic carbocycles. The Hall–Kier alpha value is -3.13. The van der Waals surface area contributed by atoms with Crippen LogP contribution in [-0.4, -0.2) is 32.9 Å². The largest absolute Gasteiger partial charge is 0.367 e. The number of hydrogen-bond acceptors (Lipinski definition) is 6. The Morgan fingerprint density at radius 3 is 2.41 bits per heavy atom. The van der Waals surface area contributed by atoms with Gasteiger partial charge in [0.25, 0.3) is 11.6 Å². The number of rotatable bonds is 5. The van der Waals surface area contributed by atoms with E-state index < -0.39 is 22.8 Å². The zero-order valence-corrected chi connectivity index (χ0v) is 11.2. The van der Waals surface area contributed by atoms with E-state index in [0.717, 1.165) is 12.1 Å². The zero-order valence-electron chi connectivity index (χ0n) is 11.2. The van der Waals surface area contributed by atoms with E-state index in [-0.39, 0.29) is 16.8 Å². The van der Waals surface area contributed by atoms with Crippen molar-refractivity contribution in [3.8, 4) is 0 Å². The van der Waals surface area contributed by atoms with Crippen LogP contribution in [0, 0.1) is 10.1 Å². The molecule has 22 heavy (non-hydrogen) atoms. The van der Waals surface area contributed by atoms with Crippen molar-refractivity contribution in [2.75, 3.05) is 0 Å². The van der Waals surface area contributed by atoms with Crippen molar-refractivity contribution in [3.05, 3.63) is 70.0 Å². The number of hydrogen-bond donors (Lipinski definition) is 2. The third-order valence-electron chi connectivity index (χ3n) is 2.80. The highest BCUT2D eigenvalue weighted by molar-refractivity contribution is 6.03. The van der Waals surface area contributed by atoms with Crippen molar-refractivity contribution < 1.29 is 19.6 Å². The summed E-state index contributed by atoms with van der Waals surface area (Å²) < 4.78 is 0. The first-order chi connectivity index (χ1) is 10.5. The smallest absolute Gasteiger partial charge is 0.269 e. The molecule has 0 spiro atoms. The summed E-state index contributed by atoms with van der Waals surface area (Å²) >= 11 is 0. The summed E-state index contributed by atoms with van der Waals surface area (Å²) in [6.07, 6.45) is 1.02. The lowest BCUT2D eigenvalue weighted by Crippen LogP contribution is -2.40. The minimum Gasteiger partial charge on any atom is -0.367 e. The number of nitrogens with one attached hydrogen (secondary N) is 1. The van der Waals surface area contributed by atoms with E-state index in [1.54, 1.807) is 6.07 Å². The Labute approximate surface area is 124 Å². The number of nitro groups is 1. The van der Waals surface area contributed by atoms with Crippen LogP contribution in [0.2, 0.25) is 0 Å². The maximum atomic E-state index is 11.9. The summed E-state index contributed by atoms with van der Waals surface area (Å²) in [6, 6.07) is 7.72. The fourth-order valence-electron chi connectivity index (χ4n) is 1.68. The van der Waals surface area contributed by atoms with E-state index in [2.05, 4.69) is 10.3 Å². The van der Waals surface area contributed by atoms with Gasteiger partial charge < -0.3 is 10.4 Å². The molecule has 0 bridgehead atoms. The zero-order chi connectivity index (χ0) is 16.1. The van der Waals surface area contributed by atoms with E-state index in [1.807, 2.05) is 0 Å². The molecule has 0 saturated carbocycles. The van der Waals surface area contributed by atoms with Gasteiger partial charge in [-0.3, -0.25) is 24.7 Å². The van der Waals surface area contributed by atoms with Crippen molar-refractivity contribution in [2.45, 2.75) is 6.23 Å². The number of nitro benzene ring substituents is 1. The minimum atomic E-state index is -1.76. The molecular formula is C14H11N3O5. The van der Waals surface area contributed by atoms with Gasteiger partial charge in [0.05, 0.1) is 10.5 Å². The fourth-order valence-corrected chi connectivity index (χ4v) is 1.68. The standard InChI is InChI=1S/C14H11N3O5/c18-12(9-3-5-11(6-4-9)17(21)22)14(20)16-13(19)10-2-1-7-15-8-10/h1-8,14,20H,(H,16,19). The molecule has 0 fully saturated rings. The van der Waals surface area contributed by atoms with Crippen molar-refractivity contribution in [1.29, 1.82) is 0 Å². The summed E-state index contributed by atoms with van der Waals surface area (Å²) in [5.74, 6) is -1.43. The Kier molecular flexibility index (Phi) is 4.54. The number of aromatic nitrogens is 1. The Morgan fingerprint density at radius 2 is 1.86 bits per heavy atom. The van der Waals surface area contributed by atoms with E-state index in [1.165, 1.54) is 30.6 Å². The Balaban J connectivity index is 2.06. The number of carbonyl (C=O) groups excluding carboxylic acids is 2. The summed E-state index contributed by atoms with van der Waals surface area (Å²) in [7, 11) is 0. The molecule has 1 unspecified atom stereocenters. The van der Waals surface area contributed by atoms with Crippen LogP contribution in [-0.2, 0) is 0 Å². The number of aliphatic hydroxyl groups is 1. The van der Waals surface area contributed by atoms with E-state index in [9.17, 15) is 24.8 Å². The van der Waals surface area contributed by atoms with Crippen LogP contribution in [0.5, 0.6) is 0 Å². The number of ketones is 1. The van der Waals surface area contributed by atoms with Gasteiger partial charge in [0, 0.05) is 30.1 Å². The molecule has 0 saturated heterocycles. The third kappa shape index (κ3) is 3.49. The molecular weight excluding hydrogens is 290 g/mol. The first-order valence-corrected chi connectivity index (χ1v) is 6.16. The lowest BCUT2D eigenvalue weighted by molar-refractivity contribution is -0.384. The molecule has 0 aliphatic carbocycles. The predicted octanol–water partition coefficient (Wildman–Crippen LogP) is 0.921. The molecule has 2 aromatic rings. The highest BCUT2D eigenvalue weighted by Crippen LogP contribution is 2.13. The second kappa shape index (κ2) is 6.55. The van der Waals surface area contributed by atoms with Gasteiger partial charge in [-0.2, -0.15) is 0 Å². The summed E-state index contributed by atoms with van der Waals surface area (Å²) in [5.41, 5.74) is 0.0630. The van der Waals surface area contributed by atoms with Gasteiger partial charge in [-0.25, -0.2) is 0 Å². The number of aliphatic hydroxyl groups excluding tert-OH is 1. The fraction of sp³-hybridized carbons (Fsp3) is 0.0714. The molecule has 2 N–H and O–H groups in total. The first kappa shape index (κ1) is 15.3. The van der Waals surface area contributed by atoms with Crippen LogP contribution in [0.15, 0.2) is 48.8 Å². The first-order valence-electron chi connectivity index (χ1n) is 6.16. The highest BCUT2D eigenvalue weighted by Gasteiger charge is 2.20. The lowest BCUT2D eigenvalue weighted by atomic mass is 10.1. The number of nitrogens with zero attached hydrogens (tertiary/aromatic N) is 2. The van der Waals surface area contributed by atoms with Crippen molar-refractivity contribution in [1.82, 2.24) is 10.3 Å². The van der Waals surface area contributed by atoms with Gasteiger partial charge in [0.15, 0.2) is 6.23 Å². The molecule has 2 rings (SSSR count). The van der Waals surface area contributed by atoms with Gasteiger partial charge in [-0.15, -0.1) is 0 Å². The monoisotopic (exact) mass is 301 g/mol. The van der Waals surface area contributed by atoms with Crippen LogP contribution < -0.4 is 5.32 Å². The van der Waals surface area contributed by atoms with Gasteiger partial charge in [-0.05, 0) is 24.3 Å². The molecule has 8 heteroatoms. The lowest BCUT2D eigenvalue weighted by Gasteiger charge is -2.11. The third-order valence-corrected chi connectivity index (χ3v) is 2.80.